The highest BCUT2D eigenvalue weighted by atomic mass is 127. The molecule has 0 aliphatic rings. The van der Waals surface area contributed by atoms with E-state index in [1.165, 1.54) is 21.8 Å². The van der Waals surface area contributed by atoms with E-state index in [2.05, 4.69) is 15.3 Å². The van der Waals surface area contributed by atoms with Crippen molar-refractivity contribution in [2.45, 2.75) is 20.0 Å². The van der Waals surface area contributed by atoms with Crippen LogP contribution in [0.3, 0.4) is 0 Å². The van der Waals surface area contributed by atoms with E-state index in [4.69, 9.17) is 5.84 Å². The van der Waals surface area contributed by atoms with Crippen molar-refractivity contribution < 1.29 is 4.79 Å². The number of hydrazine groups is 1. The molecule has 0 fully saturated rings. The summed E-state index contributed by atoms with van der Waals surface area (Å²) in [6.45, 7) is 2.56. The van der Waals surface area contributed by atoms with Crippen LogP contribution in [0, 0.1) is 10.5 Å². The number of nitrogen functional groups attached to an aromatic ring is 1. The first-order chi connectivity index (χ1) is 9.52. The van der Waals surface area contributed by atoms with E-state index in [9.17, 15) is 9.59 Å². The first-order valence-corrected chi connectivity index (χ1v) is 6.73. The third-order valence-corrected chi connectivity index (χ3v) is 3.87. The Balaban J connectivity index is 2.10. The Morgan fingerprint density at radius 3 is 2.95 bits per heavy atom. The Bertz CT molecular complexity index is 693. The first-order valence-electron chi connectivity index (χ1n) is 5.65. The maximum Gasteiger partial charge on any atom is 0.287 e. The van der Waals surface area contributed by atoms with E-state index < -0.39 is 5.91 Å². The number of nitrogens with one attached hydrogen (secondary N) is 1. The minimum Gasteiger partial charge on any atom is -0.296 e. The summed E-state index contributed by atoms with van der Waals surface area (Å²) < 4.78 is 3.54. The van der Waals surface area contributed by atoms with Gasteiger partial charge in [0.05, 0.1) is 28.3 Å². The lowest BCUT2D eigenvalue weighted by atomic mass is 10.4. The van der Waals surface area contributed by atoms with Crippen LogP contribution in [0.15, 0.2) is 17.3 Å². The third kappa shape index (κ3) is 3.01. The predicted octanol–water partition coefficient (Wildman–Crippen LogP) is -0.948. The summed E-state index contributed by atoms with van der Waals surface area (Å²) in [6, 6.07) is 0. The Morgan fingerprint density at radius 2 is 2.25 bits per heavy atom. The zero-order chi connectivity index (χ0) is 14.7. The largest absolute Gasteiger partial charge is 0.296 e. The van der Waals surface area contributed by atoms with Crippen LogP contribution >= 0.6 is 22.6 Å². The molecule has 106 valence electrons. The topological polar surface area (TPSA) is 121 Å². The number of hydrogen-bond acceptors (Lipinski definition) is 6. The van der Waals surface area contributed by atoms with Crippen molar-refractivity contribution in [3.63, 3.8) is 0 Å². The van der Waals surface area contributed by atoms with Crippen LogP contribution in [0.25, 0.3) is 0 Å². The Morgan fingerprint density at radius 1 is 1.50 bits per heavy atom. The zero-order valence-corrected chi connectivity index (χ0v) is 12.7. The average molecular weight is 389 g/mol. The van der Waals surface area contributed by atoms with Gasteiger partial charge in [-0.1, -0.05) is 5.21 Å². The van der Waals surface area contributed by atoms with Crippen LogP contribution in [0.5, 0.6) is 0 Å². The van der Waals surface area contributed by atoms with Gasteiger partial charge in [-0.25, -0.2) is 15.5 Å². The fourth-order valence-electron chi connectivity index (χ4n) is 1.50. The highest BCUT2D eigenvalue weighted by Gasteiger charge is 2.09. The lowest BCUT2D eigenvalue weighted by molar-refractivity contribution is 0.0948. The molecule has 9 nitrogen and oxygen atoms in total. The SMILES string of the molecule is Cc1ncn(CCn2cc(C(=O)NN)nn2)c(=O)c1I. The molecule has 0 radical (unpaired) electrons. The predicted molar refractivity (Wildman–Crippen MR) is 77.6 cm³/mol. The van der Waals surface area contributed by atoms with Gasteiger partial charge in [-0.3, -0.25) is 19.6 Å². The van der Waals surface area contributed by atoms with Gasteiger partial charge in [0.25, 0.3) is 11.5 Å². The van der Waals surface area contributed by atoms with E-state index >= 15 is 0 Å². The van der Waals surface area contributed by atoms with Crippen LogP contribution in [0.4, 0.5) is 0 Å². The fraction of sp³-hybridized carbons (Fsp3) is 0.300. The van der Waals surface area contributed by atoms with Gasteiger partial charge < -0.3 is 0 Å². The molecule has 0 aromatic carbocycles. The molecule has 20 heavy (non-hydrogen) atoms. The Hall–Kier alpha value is -1.82. The van der Waals surface area contributed by atoms with Gasteiger partial charge in [-0.2, -0.15) is 0 Å². The van der Waals surface area contributed by atoms with Gasteiger partial charge in [-0.15, -0.1) is 5.10 Å². The number of aromatic nitrogens is 5. The molecule has 0 aliphatic carbocycles. The molecule has 2 aromatic heterocycles. The lowest BCUT2D eigenvalue weighted by Crippen LogP contribution is -2.30. The summed E-state index contributed by atoms with van der Waals surface area (Å²) in [5.74, 6) is 4.48. The van der Waals surface area contributed by atoms with Gasteiger partial charge in [0.1, 0.15) is 0 Å². The second-order valence-corrected chi connectivity index (χ2v) is 5.06. The monoisotopic (exact) mass is 389 g/mol. The van der Waals surface area contributed by atoms with E-state index in [-0.39, 0.29) is 11.3 Å². The number of nitrogens with zero attached hydrogens (tertiary/aromatic N) is 5. The molecule has 0 bridgehead atoms. The zero-order valence-electron chi connectivity index (χ0n) is 10.6. The summed E-state index contributed by atoms with van der Waals surface area (Å²) in [5, 5.41) is 7.45. The molecule has 0 spiro atoms. The number of carbonyl (C=O) groups excluding carboxylic acids is 1. The summed E-state index contributed by atoms with van der Waals surface area (Å²) in [5.41, 5.74) is 2.70. The normalized spacial score (nSPS) is 10.6. The smallest absolute Gasteiger partial charge is 0.287 e. The van der Waals surface area contributed by atoms with Gasteiger partial charge in [0.2, 0.25) is 0 Å². The van der Waals surface area contributed by atoms with E-state index in [1.54, 1.807) is 6.92 Å². The van der Waals surface area contributed by atoms with Gasteiger partial charge in [0.15, 0.2) is 5.69 Å². The molecule has 2 aromatic rings. The van der Waals surface area contributed by atoms with Crippen LogP contribution in [0.1, 0.15) is 16.2 Å². The molecule has 3 N–H and O–H groups in total. The standard InChI is InChI=1S/C10H12IN7O2/c1-6-8(11)10(20)17(5-13-6)2-3-18-4-7(15-16-18)9(19)14-12/h4-5H,2-3,12H2,1H3,(H,14,19). The highest BCUT2D eigenvalue weighted by Crippen LogP contribution is 2.01. The van der Waals surface area contributed by atoms with Crippen LogP contribution < -0.4 is 16.8 Å². The second-order valence-electron chi connectivity index (χ2n) is 3.98. The third-order valence-electron chi connectivity index (χ3n) is 2.63. The molecule has 2 heterocycles. The molecule has 0 aliphatic heterocycles. The van der Waals surface area contributed by atoms with Crippen molar-refractivity contribution in [3.05, 3.63) is 37.8 Å². The molecule has 2 rings (SSSR count). The van der Waals surface area contributed by atoms with Crippen LogP contribution in [-0.2, 0) is 13.1 Å². The van der Waals surface area contributed by atoms with E-state index in [0.717, 1.165) is 0 Å². The van der Waals surface area contributed by atoms with Crippen molar-refractivity contribution in [2.75, 3.05) is 0 Å². The van der Waals surface area contributed by atoms with Gasteiger partial charge in [0, 0.05) is 6.54 Å². The number of hydrogen-bond donors (Lipinski definition) is 2. The fourth-order valence-corrected chi connectivity index (χ4v) is 1.95. The number of halogens is 1. The maximum absolute atomic E-state index is 12.0. The Labute approximate surface area is 127 Å². The van der Waals surface area contributed by atoms with Crippen molar-refractivity contribution in [1.82, 2.24) is 30.0 Å². The van der Waals surface area contributed by atoms with Crippen molar-refractivity contribution >= 4 is 28.5 Å². The van der Waals surface area contributed by atoms with Crippen molar-refractivity contribution in [2.24, 2.45) is 5.84 Å². The molecule has 0 saturated heterocycles. The second kappa shape index (κ2) is 6.09. The molecule has 0 atom stereocenters. The molecular formula is C10H12IN7O2. The first kappa shape index (κ1) is 14.6. The summed E-state index contributed by atoms with van der Waals surface area (Å²) in [4.78, 5) is 27.3. The minimum absolute atomic E-state index is 0.0989. The Kier molecular flexibility index (Phi) is 4.44. The summed E-state index contributed by atoms with van der Waals surface area (Å²) in [7, 11) is 0. The molecule has 1 amide bonds. The summed E-state index contributed by atoms with van der Waals surface area (Å²) in [6.07, 6.45) is 2.95. The highest BCUT2D eigenvalue weighted by molar-refractivity contribution is 14.1. The number of aryl methyl sites for hydroxylation is 3. The quantitative estimate of drug-likeness (QED) is 0.301. The number of nitrogens with two attached hydrogens (primary N) is 1. The summed E-state index contributed by atoms with van der Waals surface area (Å²) >= 11 is 1.97. The molecule has 0 unspecified atom stereocenters. The average Bonchev–Trinajstić information content (AvgIpc) is 2.92. The maximum atomic E-state index is 12.0. The van der Waals surface area contributed by atoms with Gasteiger partial charge >= 0.3 is 0 Å². The van der Waals surface area contributed by atoms with Gasteiger partial charge in [-0.05, 0) is 29.5 Å². The van der Waals surface area contributed by atoms with Crippen molar-refractivity contribution in [1.29, 1.82) is 0 Å². The molecular weight excluding hydrogens is 377 g/mol. The van der Waals surface area contributed by atoms with Crippen molar-refractivity contribution in [3.8, 4) is 0 Å². The number of amides is 1. The lowest BCUT2D eigenvalue weighted by Gasteiger charge is -2.06. The number of rotatable bonds is 4. The van der Waals surface area contributed by atoms with E-state index in [1.807, 2.05) is 28.0 Å². The van der Waals surface area contributed by atoms with E-state index in [0.29, 0.717) is 22.4 Å². The molecule has 0 saturated carbocycles. The van der Waals surface area contributed by atoms with Crippen LogP contribution in [0.2, 0.25) is 0 Å². The number of carbonyl (C=O) groups is 1. The minimum atomic E-state index is -0.514. The van der Waals surface area contributed by atoms with Crippen LogP contribution in [-0.4, -0.2) is 30.5 Å². The molecule has 10 heteroatoms.